The van der Waals surface area contributed by atoms with Crippen molar-refractivity contribution in [2.24, 2.45) is 11.1 Å². The molecule has 1 rings (SSSR count). The van der Waals surface area contributed by atoms with Gasteiger partial charge in [0.2, 0.25) is 0 Å². The molecule has 0 bridgehead atoms. The van der Waals surface area contributed by atoms with E-state index in [1.54, 1.807) is 12.1 Å². The normalized spacial score (nSPS) is 12.1. The quantitative estimate of drug-likeness (QED) is 0.799. The van der Waals surface area contributed by atoms with Crippen molar-refractivity contribution < 1.29 is 5.11 Å². The molecule has 0 aliphatic rings. The van der Waals surface area contributed by atoms with Gasteiger partial charge in [0, 0.05) is 13.1 Å². The fraction of sp³-hybridized carbons (Fsp3) is 0.538. The van der Waals surface area contributed by atoms with Crippen molar-refractivity contribution in [1.82, 2.24) is 4.90 Å². The van der Waals surface area contributed by atoms with Gasteiger partial charge in [0.25, 0.3) is 0 Å². The third-order valence-electron chi connectivity index (χ3n) is 2.61. The first kappa shape index (κ1) is 13.0. The number of hydrogen-bond acceptors (Lipinski definition) is 3. The van der Waals surface area contributed by atoms with E-state index in [-0.39, 0.29) is 5.41 Å². The minimum absolute atomic E-state index is 0.131. The van der Waals surface area contributed by atoms with E-state index in [9.17, 15) is 5.11 Å². The van der Waals surface area contributed by atoms with E-state index in [4.69, 9.17) is 5.73 Å². The molecule has 0 unspecified atom stereocenters. The van der Waals surface area contributed by atoms with E-state index in [1.165, 1.54) is 0 Å². The number of aromatic hydroxyl groups is 1. The molecular formula is C13H22N2O. The molecule has 0 saturated heterocycles. The summed E-state index contributed by atoms with van der Waals surface area (Å²) in [7, 11) is 2.07. The van der Waals surface area contributed by atoms with Crippen molar-refractivity contribution in [2.45, 2.75) is 20.4 Å². The summed E-state index contributed by atoms with van der Waals surface area (Å²) in [6, 6.07) is 7.37. The molecule has 3 nitrogen and oxygen atoms in total. The lowest BCUT2D eigenvalue weighted by Crippen LogP contribution is -2.36. The van der Waals surface area contributed by atoms with E-state index in [0.717, 1.165) is 18.7 Å². The molecule has 1 aromatic rings. The Morgan fingerprint density at radius 2 is 2.06 bits per heavy atom. The van der Waals surface area contributed by atoms with Crippen molar-refractivity contribution in [2.75, 3.05) is 20.1 Å². The summed E-state index contributed by atoms with van der Waals surface area (Å²) in [5, 5.41) is 9.37. The smallest absolute Gasteiger partial charge is 0.115 e. The molecule has 0 radical (unpaired) electrons. The summed E-state index contributed by atoms with van der Waals surface area (Å²) >= 11 is 0. The van der Waals surface area contributed by atoms with Crippen molar-refractivity contribution in [3.8, 4) is 5.75 Å². The Bertz CT molecular complexity index is 336. The lowest BCUT2D eigenvalue weighted by Gasteiger charge is -2.29. The van der Waals surface area contributed by atoms with Crippen LogP contribution in [0.5, 0.6) is 5.75 Å². The van der Waals surface area contributed by atoms with Crippen LogP contribution in [-0.4, -0.2) is 30.1 Å². The monoisotopic (exact) mass is 222 g/mol. The van der Waals surface area contributed by atoms with Gasteiger partial charge >= 0.3 is 0 Å². The van der Waals surface area contributed by atoms with Crippen LogP contribution in [0.25, 0.3) is 0 Å². The van der Waals surface area contributed by atoms with E-state index in [1.807, 2.05) is 12.1 Å². The molecular weight excluding hydrogens is 200 g/mol. The average molecular weight is 222 g/mol. The number of phenols is 1. The SMILES string of the molecule is CN(Cc1cccc(O)c1)CC(C)(C)CN. The van der Waals surface area contributed by atoms with Crippen molar-refractivity contribution in [3.05, 3.63) is 29.8 Å². The number of nitrogens with two attached hydrogens (primary N) is 1. The lowest BCUT2D eigenvalue weighted by atomic mass is 9.93. The third-order valence-corrected chi connectivity index (χ3v) is 2.61. The first-order valence-electron chi connectivity index (χ1n) is 5.59. The maximum absolute atomic E-state index is 9.37. The number of nitrogens with zero attached hydrogens (tertiary/aromatic N) is 1. The first-order chi connectivity index (χ1) is 7.43. The highest BCUT2D eigenvalue weighted by Crippen LogP contribution is 2.17. The van der Waals surface area contributed by atoms with Gasteiger partial charge in [0.1, 0.15) is 5.75 Å². The van der Waals surface area contributed by atoms with E-state index >= 15 is 0 Å². The van der Waals surface area contributed by atoms with Gasteiger partial charge in [-0.05, 0) is 36.7 Å². The average Bonchev–Trinajstić information content (AvgIpc) is 2.16. The van der Waals surface area contributed by atoms with Crippen molar-refractivity contribution in [3.63, 3.8) is 0 Å². The summed E-state index contributed by atoms with van der Waals surface area (Å²) in [6.45, 7) is 6.77. The van der Waals surface area contributed by atoms with Gasteiger partial charge in [-0.15, -0.1) is 0 Å². The molecule has 0 spiro atoms. The third kappa shape index (κ3) is 4.21. The van der Waals surface area contributed by atoms with Crippen molar-refractivity contribution >= 4 is 0 Å². The minimum atomic E-state index is 0.131. The van der Waals surface area contributed by atoms with Gasteiger partial charge in [0.05, 0.1) is 0 Å². The van der Waals surface area contributed by atoms with Crippen LogP contribution in [-0.2, 0) is 6.54 Å². The summed E-state index contributed by atoms with van der Waals surface area (Å²) in [5.41, 5.74) is 6.96. The van der Waals surface area contributed by atoms with Crippen LogP contribution in [0, 0.1) is 5.41 Å². The summed E-state index contributed by atoms with van der Waals surface area (Å²) < 4.78 is 0. The number of phenolic OH excluding ortho intramolecular Hbond substituents is 1. The van der Waals surface area contributed by atoms with Crippen LogP contribution in [0.4, 0.5) is 0 Å². The first-order valence-corrected chi connectivity index (χ1v) is 5.59. The second-order valence-corrected chi connectivity index (χ2v) is 5.21. The maximum Gasteiger partial charge on any atom is 0.115 e. The maximum atomic E-state index is 9.37. The Morgan fingerprint density at radius 1 is 1.38 bits per heavy atom. The minimum Gasteiger partial charge on any atom is -0.508 e. The Labute approximate surface area is 97.9 Å². The second kappa shape index (κ2) is 5.32. The van der Waals surface area contributed by atoms with Gasteiger partial charge in [-0.2, -0.15) is 0 Å². The Balaban J connectivity index is 2.55. The number of hydrogen-bond donors (Lipinski definition) is 2. The highest BCUT2D eigenvalue weighted by atomic mass is 16.3. The number of benzene rings is 1. The van der Waals surface area contributed by atoms with Gasteiger partial charge in [-0.3, -0.25) is 0 Å². The molecule has 0 amide bonds. The molecule has 1 aromatic carbocycles. The van der Waals surface area contributed by atoms with Crippen LogP contribution in [0.15, 0.2) is 24.3 Å². The topological polar surface area (TPSA) is 49.5 Å². The number of rotatable bonds is 5. The Morgan fingerprint density at radius 3 is 2.62 bits per heavy atom. The molecule has 0 aliphatic carbocycles. The molecule has 0 saturated carbocycles. The summed E-state index contributed by atoms with van der Waals surface area (Å²) in [5.74, 6) is 0.323. The second-order valence-electron chi connectivity index (χ2n) is 5.21. The molecule has 90 valence electrons. The Hall–Kier alpha value is -1.06. The largest absolute Gasteiger partial charge is 0.508 e. The molecule has 0 aliphatic heterocycles. The summed E-state index contributed by atoms with van der Waals surface area (Å²) in [4.78, 5) is 2.22. The Kier molecular flexibility index (Phi) is 4.33. The predicted molar refractivity (Wildman–Crippen MR) is 67.3 cm³/mol. The van der Waals surface area contributed by atoms with Crippen LogP contribution in [0.2, 0.25) is 0 Å². The van der Waals surface area contributed by atoms with E-state index in [0.29, 0.717) is 12.3 Å². The molecule has 16 heavy (non-hydrogen) atoms. The van der Waals surface area contributed by atoms with E-state index in [2.05, 4.69) is 25.8 Å². The zero-order valence-electron chi connectivity index (χ0n) is 10.4. The van der Waals surface area contributed by atoms with Crippen molar-refractivity contribution in [1.29, 1.82) is 0 Å². The van der Waals surface area contributed by atoms with Gasteiger partial charge in [0.15, 0.2) is 0 Å². The van der Waals surface area contributed by atoms with Crippen LogP contribution in [0.3, 0.4) is 0 Å². The highest BCUT2D eigenvalue weighted by Gasteiger charge is 2.17. The fourth-order valence-corrected chi connectivity index (χ4v) is 1.82. The highest BCUT2D eigenvalue weighted by molar-refractivity contribution is 5.26. The van der Waals surface area contributed by atoms with Gasteiger partial charge in [-0.25, -0.2) is 0 Å². The van der Waals surface area contributed by atoms with Gasteiger partial charge in [-0.1, -0.05) is 26.0 Å². The van der Waals surface area contributed by atoms with Gasteiger partial charge < -0.3 is 15.7 Å². The van der Waals surface area contributed by atoms with E-state index < -0.39 is 0 Å². The lowest BCUT2D eigenvalue weighted by molar-refractivity contribution is 0.210. The zero-order chi connectivity index (χ0) is 12.2. The summed E-state index contributed by atoms with van der Waals surface area (Å²) in [6.07, 6.45) is 0. The standard InChI is InChI=1S/C13H22N2O/c1-13(2,9-14)10-15(3)8-11-5-4-6-12(16)7-11/h4-7,16H,8-10,14H2,1-3H3. The van der Waals surface area contributed by atoms with Crippen LogP contribution in [0.1, 0.15) is 19.4 Å². The molecule has 3 heteroatoms. The zero-order valence-corrected chi connectivity index (χ0v) is 10.4. The van der Waals surface area contributed by atoms with Crippen LogP contribution >= 0.6 is 0 Å². The molecule has 0 fully saturated rings. The fourth-order valence-electron chi connectivity index (χ4n) is 1.82. The van der Waals surface area contributed by atoms with Crippen LogP contribution < -0.4 is 5.73 Å². The molecule has 0 heterocycles. The molecule has 0 aromatic heterocycles. The molecule has 0 atom stereocenters. The molecule has 3 N–H and O–H groups in total. The predicted octanol–water partition coefficient (Wildman–Crippen LogP) is 1.81.